The molecule has 3 heterocycles. The molecule has 1 fully saturated rings. The molecule has 7 nitrogen and oxygen atoms in total. The number of rotatable bonds is 4. The second kappa shape index (κ2) is 7.03. The van der Waals surface area contributed by atoms with Crippen LogP contribution in [0.1, 0.15) is 30.2 Å². The van der Waals surface area contributed by atoms with E-state index in [4.69, 9.17) is 4.74 Å². The molecule has 0 saturated carbocycles. The molecular weight excluding hydrogens is 364 g/mol. The van der Waals surface area contributed by atoms with Crippen molar-refractivity contribution in [2.24, 2.45) is 7.05 Å². The molecular formula is C19H22N4O3S. The van der Waals surface area contributed by atoms with E-state index in [9.17, 15) is 8.42 Å². The van der Waals surface area contributed by atoms with Crippen molar-refractivity contribution in [1.29, 1.82) is 0 Å². The van der Waals surface area contributed by atoms with Crippen molar-refractivity contribution in [2.75, 3.05) is 6.61 Å². The molecule has 1 aromatic carbocycles. The topological polar surface area (TPSA) is 86.1 Å². The maximum absolute atomic E-state index is 13.1. The van der Waals surface area contributed by atoms with Crippen LogP contribution < -0.4 is 4.72 Å². The minimum atomic E-state index is -3.67. The third-order valence-corrected chi connectivity index (χ3v) is 6.59. The summed E-state index contributed by atoms with van der Waals surface area (Å²) in [6.45, 7) is 2.43. The van der Waals surface area contributed by atoms with Gasteiger partial charge in [0.25, 0.3) is 0 Å². The molecule has 4 rings (SSSR count). The first-order chi connectivity index (χ1) is 13.0. The molecule has 0 aliphatic carbocycles. The van der Waals surface area contributed by atoms with E-state index in [1.54, 1.807) is 43.0 Å². The average molecular weight is 386 g/mol. The number of hydrogen-bond donors (Lipinski definition) is 1. The summed E-state index contributed by atoms with van der Waals surface area (Å²) in [6, 6.07) is 6.81. The number of sulfonamides is 1. The van der Waals surface area contributed by atoms with Crippen LogP contribution in [0, 0.1) is 6.92 Å². The zero-order valence-electron chi connectivity index (χ0n) is 15.3. The Kier molecular flexibility index (Phi) is 4.71. The molecule has 0 unspecified atom stereocenters. The molecule has 1 saturated heterocycles. The number of nitrogens with one attached hydrogen (secondary N) is 1. The SMILES string of the molecule is Cc1ccc(S(=O)(=O)N[C@H]2CCO[C@H](c3cncn3C)C2)c2cccnc12. The van der Waals surface area contributed by atoms with E-state index in [0.29, 0.717) is 30.4 Å². The van der Waals surface area contributed by atoms with Gasteiger partial charge in [-0.3, -0.25) is 4.98 Å². The van der Waals surface area contributed by atoms with E-state index in [-0.39, 0.29) is 17.0 Å². The largest absolute Gasteiger partial charge is 0.372 e. The zero-order valence-corrected chi connectivity index (χ0v) is 16.1. The van der Waals surface area contributed by atoms with Gasteiger partial charge in [0.15, 0.2) is 0 Å². The van der Waals surface area contributed by atoms with Crippen molar-refractivity contribution in [3.63, 3.8) is 0 Å². The van der Waals surface area contributed by atoms with E-state index in [0.717, 1.165) is 11.3 Å². The summed E-state index contributed by atoms with van der Waals surface area (Å²) in [5.74, 6) is 0. The van der Waals surface area contributed by atoms with E-state index < -0.39 is 10.0 Å². The molecule has 3 aromatic rings. The van der Waals surface area contributed by atoms with Crippen LogP contribution in [0.4, 0.5) is 0 Å². The molecule has 1 aliphatic rings. The van der Waals surface area contributed by atoms with Crippen molar-refractivity contribution in [2.45, 2.75) is 36.8 Å². The van der Waals surface area contributed by atoms with Crippen molar-refractivity contribution in [3.8, 4) is 0 Å². The molecule has 27 heavy (non-hydrogen) atoms. The lowest BCUT2D eigenvalue weighted by molar-refractivity contribution is -0.0000410. The quantitative estimate of drug-likeness (QED) is 0.744. The lowest BCUT2D eigenvalue weighted by Crippen LogP contribution is -2.40. The van der Waals surface area contributed by atoms with Crippen LogP contribution in [0.15, 0.2) is 47.9 Å². The molecule has 0 amide bonds. The summed E-state index contributed by atoms with van der Waals surface area (Å²) in [7, 11) is -1.77. The number of hydrogen-bond acceptors (Lipinski definition) is 5. The molecule has 2 atom stereocenters. The summed E-state index contributed by atoms with van der Waals surface area (Å²) in [5, 5.41) is 0.639. The van der Waals surface area contributed by atoms with Crippen LogP contribution in [0.25, 0.3) is 10.9 Å². The molecule has 0 radical (unpaired) electrons. The van der Waals surface area contributed by atoms with Crippen molar-refractivity contribution in [1.82, 2.24) is 19.3 Å². The average Bonchev–Trinajstić information content (AvgIpc) is 3.08. The van der Waals surface area contributed by atoms with Crippen LogP contribution in [0.5, 0.6) is 0 Å². The molecule has 1 aliphatic heterocycles. The van der Waals surface area contributed by atoms with Crippen LogP contribution in [-0.2, 0) is 21.8 Å². The Labute approximate surface area is 158 Å². The molecule has 1 N–H and O–H groups in total. The highest BCUT2D eigenvalue weighted by atomic mass is 32.2. The smallest absolute Gasteiger partial charge is 0.241 e. The monoisotopic (exact) mass is 386 g/mol. The van der Waals surface area contributed by atoms with Gasteiger partial charge in [0.1, 0.15) is 6.10 Å². The number of imidazole rings is 1. The Bertz CT molecular complexity index is 1080. The Balaban J connectivity index is 1.61. The maximum atomic E-state index is 13.1. The van der Waals surface area contributed by atoms with Gasteiger partial charge >= 0.3 is 0 Å². The standard InChI is InChI=1S/C19H22N4O3S/c1-13-5-6-18(15-4-3-8-21-19(13)15)27(24,25)22-14-7-9-26-17(10-14)16-11-20-12-23(16)2/h3-6,8,11-12,14,17,22H,7,9-10H2,1-2H3/t14-,17-/m0/s1. The van der Waals surface area contributed by atoms with Gasteiger partial charge < -0.3 is 9.30 Å². The number of aromatic nitrogens is 3. The van der Waals surface area contributed by atoms with Gasteiger partial charge in [-0.2, -0.15) is 0 Å². The first kappa shape index (κ1) is 18.1. The predicted molar refractivity (Wildman–Crippen MR) is 102 cm³/mol. The molecule has 8 heteroatoms. The minimum absolute atomic E-state index is 0.171. The number of benzene rings is 1. The maximum Gasteiger partial charge on any atom is 0.241 e. The third-order valence-electron chi connectivity index (χ3n) is 5.01. The fourth-order valence-electron chi connectivity index (χ4n) is 3.59. The van der Waals surface area contributed by atoms with Gasteiger partial charge in [0.2, 0.25) is 10.0 Å². The van der Waals surface area contributed by atoms with Crippen LogP contribution >= 0.6 is 0 Å². The number of ether oxygens (including phenoxy) is 1. The highest BCUT2D eigenvalue weighted by molar-refractivity contribution is 7.89. The summed E-state index contributed by atoms with van der Waals surface area (Å²) in [5.41, 5.74) is 2.61. The highest BCUT2D eigenvalue weighted by Crippen LogP contribution is 2.30. The van der Waals surface area contributed by atoms with Gasteiger partial charge in [0, 0.05) is 31.3 Å². The third kappa shape index (κ3) is 3.47. The van der Waals surface area contributed by atoms with Crippen molar-refractivity contribution >= 4 is 20.9 Å². The second-order valence-corrected chi connectivity index (χ2v) is 8.59. The van der Waals surface area contributed by atoms with Crippen molar-refractivity contribution in [3.05, 3.63) is 54.2 Å². The predicted octanol–water partition coefficient (Wildman–Crippen LogP) is 2.48. The number of pyridine rings is 1. The fraction of sp³-hybridized carbons (Fsp3) is 0.368. The van der Waals surface area contributed by atoms with E-state index >= 15 is 0 Å². The van der Waals surface area contributed by atoms with Gasteiger partial charge in [-0.05, 0) is 43.5 Å². The first-order valence-corrected chi connectivity index (χ1v) is 10.4. The summed E-state index contributed by atoms with van der Waals surface area (Å²) in [6.07, 6.45) is 6.20. The first-order valence-electron chi connectivity index (χ1n) is 8.90. The minimum Gasteiger partial charge on any atom is -0.372 e. The molecule has 0 spiro atoms. The Morgan fingerprint density at radius 1 is 1.30 bits per heavy atom. The van der Waals surface area contributed by atoms with Gasteiger partial charge in [-0.25, -0.2) is 18.1 Å². The lowest BCUT2D eigenvalue weighted by atomic mass is 10.0. The molecule has 142 valence electrons. The van der Waals surface area contributed by atoms with Crippen LogP contribution in [-0.4, -0.2) is 35.6 Å². The Morgan fingerprint density at radius 2 is 2.15 bits per heavy atom. The van der Waals surface area contributed by atoms with Gasteiger partial charge in [0.05, 0.1) is 28.6 Å². The van der Waals surface area contributed by atoms with Gasteiger partial charge in [-0.1, -0.05) is 6.07 Å². The molecule has 2 aromatic heterocycles. The normalized spacial score (nSPS) is 20.8. The second-order valence-electron chi connectivity index (χ2n) is 6.91. The molecule has 0 bridgehead atoms. The van der Waals surface area contributed by atoms with Crippen molar-refractivity contribution < 1.29 is 13.2 Å². The fourth-order valence-corrected chi connectivity index (χ4v) is 5.07. The highest BCUT2D eigenvalue weighted by Gasteiger charge is 2.30. The van der Waals surface area contributed by atoms with Crippen LogP contribution in [0.2, 0.25) is 0 Å². The number of aryl methyl sites for hydroxylation is 2. The summed E-state index contributed by atoms with van der Waals surface area (Å²) < 4.78 is 36.8. The van der Waals surface area contributed by atoms with E-state index in [1.807, 2.05) is 18.5 Å². The van der Waals surface area contributed by atoms with E-state index in [1.165, 1.54) is 0 Å². The summed E-state index contributed by atoms with van der Waals surface area (Å²) >= 11 is 0. The van der Waals surface area contributed by atoms with Crippen LogP contribution in [0.3, 0.4) is 0 Å². The zero-order chi connectivity index (χ0) is 19.0. The number of fused-ring (bicyclic) bond motifs is 1. The number of nitrogens with zero attached hydrogens (tertiary/aromatic N) is 3. The summed E-state index contributed by atoms with van der Waals surface area (Å²) in [4.78, 5) is 8.72. The lowest BCUT2D eigenvalue weighted by Gasteiger charge is -2.30. The Hall–Kier alpha value is -2.29. The van der Waals surface area contributed by atoms with E-state index in [2.05, 4.69) is 14.7 Å². The Morgan fingerprint density at radius 3 is 2.93 bits per heavy atom. The van der Waals surface area contributed by atoms with Gasteiger partial charge in [-0.15, -0.1) is 0 Å².